The zero-order chi connectivity index (χ0) is 17.8. The quantitative estimate of drug-likeness (QED) is 0.679. The Hall–Kier alpha value is -2.41. The van der Waals surface area contributed by atoms with Gasteiger partial charge in [0.15, 0.2) is 0 Å². The van der Waals surface area contributed by atoms with Crippen molar-refractivity contribution in [1.29, 1.82) is 0 Å². The molecule has 1 amide bonds. The molecular formula is C19H23N5OS. The number of nitrogens with one attached hydrogen (secondary N) is 2. The number of H-pyrrole nitrogens is 1. The highest BCUT2D eigenvalue weighted by atomic mass is 32.1. The molecule has 136 valence electrons. The van der Waals surface area contributed by atoms with Gasteiger partial charge in [-0.1, -0.05) is 19.3 Å². The van der Waals surface area contributed by atoms with Gasteiger partial charge in [-0.25, -0.2) is 0 Å². The molecular weight excluding hydrogens is 346 g/mol. The number of hydrogen-bond donors (Lipinski definition) is 2. The molecule has 2 N–H and O–H groups in total. The molecule has 1 atom stereocenters. The van der Waals surface area contributed by atoms with Gasteiger partial charge in [0.25, 0.3) is 0 Å². The predicted molar refractivity (Wildman–Crippen MR) is 102 cm³/mol. The largest absolute Gasteiger partial charge is 0.346 e. The van der Waals surface area contributed by atoms with Crippen LogP contribution in [0.3, 0.4) is 0 Å². The molecule has 0 radical (unpaired) electrons. The fourth-order valence-electron chi connectivity index (χ4n) is 3.66. The highest BCUT2D eigenvalue weighted by molar-refractivity contribution is 7.08. The number of aromatic nitrogens is 4. The second-order valence-corrected chi connectivity index (χ2v) is 7.61. The van der Waals surface area contributed by atoms with Crippen LogP contribution in [0.4, 0.5) is 5.95 Å². The third-order valence-corrected chi connectivity index (χ3v) is 5.74. The van der Waals surface area contributed by atoms with Crippen LogP contribution in [-0.2, 0) is 4.79 Å². The first-order chi connectivity index (χ1) is 12.8. The minimum atomic E-state index is -0.0795. The van der Waals surface area contributed by atoms with Gasteiger partial charge in [0, 0.05) is 18.3 Å². The molecule has 6 nitrogen and oxygen atoms in total. The van der Waals surface area contributed by atoms with Crippen molar-refractivity contribution in [3.8, 4) is 0 Å². The van der Waals surface area contributed by atoms with E-state index >= 15 is 0 Å². The van der Waals surface area contributed by atoms with Crippen LogP contribution in [0, 0.1) is 0 Å². The second kappa shape index (κ2) is 7.86. The van der Waals surface area contributed by atoms with E-state index in [1.165, 1.54) is 19.3 Å². The monoisotopic (exact) mass is 369 g/mol. The van der Waals surface area contributed by atoms with Crippen LogP contribution >= 0.6 is 11.3 Å². The van der Waals surface area contributed by atoms with Crippen molar-refractivity contribution in [3.63, 3.8) is 0 Å². The summed E-state index contributed by atoms with van der Waals surface area (Å²) in [6.45, 7) is 0. The molecule has 1 fully saturated rings. The van der Waals surface area contributed by atoms with Crippen LogP contribution in [0.25, 0.3) is 0 Å². The van der Waals surface area contributed by atoms with Gasteiger partial charge >= 0.3 is 0 Å². The van der Waals surface area contributed by atoms with Gasteiger partial charge in [0.1, 0.15) is 5.82 Å². The molecule has 0 aliphatic heterocycles. The Morgan fingerprint density at radius 1 is 1.31 bits per heavy atom. The van der Waals surface area contributed by atoms with Crippen molar-refractivity contribution in [2.45, 2.75) is 50.5 Å². The third-order valence-electron chi connectivity index (χ3n) is 5.04. The van der Waals surface area contributed by atoms with Gasteiger partial charge < -0.3 is 4.57 Å². The number of carbonyl (C=O) groups is 1. The summed E-state index contributed by atoms with van der Waals surface area (Å²) in [5, 5.41) is 14.2. The van der Waals surface area contributed by atoms with Gasteiger partial charge in [-0.3, -0.25) is 15.2 Å². The summed E-state index contributed by atoms with van der Waals surface area (Å²) in [6.07, 6.45) is 10.4. The smallest absolute Gasteiger partial charge is 0.248 e. The number of carbonyl (C=O) groups excluding carboxylic acids is 1. The first-order valence-corrected chi connectivity index (χ1v) is 10.1. The standard InChI is InChI=1S/C19H23N5OS/c25-17(12-16(15-8-11-26-13-15)24-9-4-5-10-24)20-19-21-18(22-23-19)14-6-2-1-3-7-14/h4-5,8-11,13-14,16H,1-3,6-7,12H2,(H2,20,21,22,23,25)/t16-/m0/s1. The molecule has 0 unspecified atom stereocenters. The molecule has 3 heterocycles. The van der Waals surface area contributed by atoms with Crippen LogP contribution in [0.15, 0.2) is 41.4 Å². The molecule has 26 heavy (non-hydrogen) atoms. The summed E-state index contributed by atoms with van der Waals surface area (Å²) in [5.41, 5.74) is 1.14. The summed E-state index contributed by atoms with van der Waals surface area (Å²) in [6, 6.07) is 6.00. The van der Waals surface area contributed by atoms with Crippen molar-refractivity contribution >= 4 is 23.2 Å². The van der Waals surface area contributed by atoms with Gasteiger partial charge in [0.05, 0.1) is 12.5 Å². The predicted octanol–water partition coefficient (Wildman–Crippen LogP) is 4.33. The summed E-state index contributed by atoms with van der Waals surface area (Å²) in [7, 11) is 0. The van der Waals surface area contributed by atoms with E-state index in [0.29, 0.717) is 18.3 Å². The minimum absolute atomic E-state index is 0.0204. The Balaban J connectivity index is 1.42. The number of anilines is 1. The molecule has 0 saturated heterocycles. The Bertz CT molecular complexity index is 784. The third kappa shape index (κ3) is 3.88. The average molecular weight is 369 g/mol. The molecule has 4 rings (SSSR count). The average Bonchev–Trinajstić information content (AvgIpc) is 3.42. The zero-order valence-corrected chi connectivity index (χ0v) is 15.4. The molecule has 1 aliphatic rings. The van der Waals surface area contributed by atoms with Gasteiger partial charge in [-0.15, -0.1) is 5.10 Å². The van der Waals surface area contributed by atoms with E-state index in [0.717, 1.165) is 24.2 Å². The van der Waals surface area contributed by atoms with E-state index in [-0.39, 0.29) is 11.9 Å². The fourth-order valence-corrected chi connectivity index (χ4v) is 4.36. The molecule has 0 spiro atoms. The normalized spacial score (nSPS) is 16.5. The first kappa shape index (κ1) is 17.0. The molecule has 0 bridgehead atoms. The molecule has 3 aromatic heterocycles. The molecule has 7 heteroatoms. The molecule has 0 aromatic carbocycles. The van der Waals surface area contributed by atoms with E-state index in [9.17, 15) is 4.79 Å². The molecule has 1 saturated carbocycles. The van der Waals surface area contributed by atoms with Gasteiger partial charge in [-0.2, -0.15) is 16.3 Å². The maximum absolute atomic E-state index is 12.6. The fraction of sp³-hybridized carbons (Fsp3) is 0.421. The lowest BCUT2D eigenvalue weighted by Crippen LogP contribution is -2.20. The Morgan fingerprint density at radius 2 is 2.12 bits per heavy atom. The summed E-state index contributed by atoms with van der Waals surface area (Å²) in [4.78, 5) is 17.1. The second-order valence-electron chi connectivity index (χ2n) is 6.83. The maximum Gasteiger partial charge on any atom is 0.248 e. The van der Waals surface area contributed by atoms with E-state index < -0.39 is 0 Å². The summed E-state index contributed by atoms with van der Waals surface area (Å²) in [5.74, 6) is 1.65. The lowest BCUT2D eigenvalue weighted by molar-refractivity contribution is -0.116. The maximum atomic E-state index is 12.6. The van der Waals surface area contributed by atoms with E-state index in [2.05, 4.69) is 36.5 Å². The summed E-state index contributed by atoms with van der Waals surface area (Å²) < 4.78 is 2.06. The van der Waals surface area contributed by atoms with Crippen molar-refractivity contribution in [3.05, 3.63) is 52.7 Å². The van der Waals surface area contributed by atoms with Crippen molar-refractivity contribution in [2.75, 3.05) is 5.32 Å². The molecule has 1 aliphatic carbocycles. The van der Waals surface area contributed by atoms with E-state index in [1.807, 2.05) is 29.9 Å². The zero-order valence-electron chi connectivity index (χ0n) is 14.6. The topological polar surface area (TPSA) is 75.6 Å². The number of aromatic amines is 1. The van der Waals surface area contributed by atoms with Crippen LogP contribution in [0.1, 0.15) is 61.9 Å². The van der Waals surface area contributed by atoms with Crippen LogP contribution in [0.5, 0.6) is 0 Å². The van der Waals surface area contributed by atoms with Crippen LogP contribution in [-0.4, -0.2) is 25.7 Å². The SMILES string of the molecule is O=C(C[C@@H](c1ccsc1)n1cccc1)Nc1n[nH]c(C2CCCCC2)n1. The number of nitrogens with zero attached hydrogens (tertiary/aromatic N) is 3. The highest BCUT2D eigenvalue weighted by Gasteiger charge is 2.21. The number of rotatable bonds is 6. The number of hydrogen-bond acceptors (Lipinski definition) is 4. The lowest BCUT2D eigenvalue weighted by Gasteiger charge is -2.18. The Labute approximate surface area is 156 Å². The van der Waals surface area contributed by atoms with Crippen LogP contribution < -0.4 is 5.32 Å². The Kier molecular flexibility index (Phi) is 5.15. The first-order valence-electron chi connectivity index (χ1n) is 9.16. The Morgan fingerprint density at radius 3 is 2.85 bits per heavy atom. The number of thiophene rings is 1. The lowest BCUT2D eigenvalue weighted by atomic mass is 9.89. The van der Waals surface area contributed by atoms with E-state index in [1.54, 1.807) is 11.3 Å². The van der Waals surface area contributed by atoms with Gasteiger partial charge in [0.2, 0.25) is 11.9 Å². The van der Waals surface area contributed by atoms with Crippen LogP contribution in [0.2, 0.25) is 0 Å². The van der Waals surface area contributed by atoms with Crippen molar-refractivity contribution < 1.29 is 4.79 Å². The van der Waals surface area contributed by atoms with Gasteiger partial charge in [-0.05, 0) is 47.4 Å². The highest BCUT2D eigenvalue weighted by Crippen LogP contribution is 2.31. The van der Waals surface area contributed by atoms with Crippen molar-refractivity contribution in [2.24, 2.45) is 0 Å². The number of amides is 1. The van der Waals surface area contributed by atoms with E-state index in [4.69, 9.17) is 0 Å². The van der Waals surface area contributed by atoms with Crippen molar-refractivity contribution in [1.82, 2.24) is 19.7 Å². The minimum Gasteiger partial charge on any atom is -0.346 e. The molecule has 3 aromatic rings. The summed E-state index contributed by atoms with van der Waals surface area (Å²) >= 11 is 1.64.